The number of carbonyl (C=O) groups excluding carboxylic acids is 12. The fraction of sp³-hybridized carbons (Fsp3) is 0.524. The lowest BCUT2D eigenvalue weighted by Crippen LogP contribution is -2.62. The fourth-order valence-electron chi connectivity index (χ4n) is 15.6. The van der Waals surface area contributed by atoms with Crippen LogP contribution in [0.4, 0.5) is 4.39 Å². The van der Waals surface area contributed by atoms with Crippen molar-refractivity contribution in [2.24, 2.45) is 11.8 Å². The van der Waals surface area contributed by atoms with E-state index in [0.717, 1.165) is 17.0 Å². The topological polar surface area (TPSA) is 392 Å². The zero-order valence-corrected chi connectivity index (χ0v) is 67.5. The molecule has 10 atom stereocenters. The molecule has 0 spiro atoms. The zero-order valence-electron chi connectivity index (χ0n) is 67.5. The Bertz CT molecular complexity index is 4600. The molecule has 0 saturated carbocycles. The second kappa shape index (κ2) is 39.9. The number of carbonyl (C=O) groups is 12. The Morgan fingerprint density at radius 2 is 1.47 bits per heavy atom. The molecule has 32 nitrogen and oxygen atoms in total. The van der Waals surface area contributed by atoms with Crippen LogP contribution in [-0.4, -0.2) is 263 Å². The first-order chi connectivity index (χ1) is 56.0. The molecule has 11 rings (SSSR count). The van der Waals surface area contributed by atoms with Gasteiger partial charge in [0.05, 0.1) is 86.2 Å². The molecule has 117 heavy (non-hydrogen) atoms. The summed E-state index contributed by atoms with van der Waals surface area (Å²) in [5.74, 6) is -11.2. The Balaban J connectivity index is 1.02. The van der Waals surface area contributed by atoms with Crippen LogP contribution < -0.4 is 42.0 Å². The minimum atomic E-state index is -1.77. The number of likely N-dealkylation sites (N-methyl/N-ethyl adjacent to an activating group) is 1. The molecule has 2 aromatic heterocycles. The highest BCUT2D eigenvalue weighted by molar-refractivity contribution is 6.00. The maximum absolute atomic E-state index is 16.3. The molecule has 2 fully saturated rings. The maximum atomic E-state index is 16.3. The third kappa shape index (κ3) is 23.5. The lowest BCUT2D eigenvalue weighted by Gasteiger charge is -2.36. The van der Waals surface area contributed by atoms with Crippen molar-refractivity contribution in [3.63, 3.8) is 0 Å². The van der Waals surface area contributed by atoms with Crippen LogP contribution in [0.15, 0.2) is 103 Å². The first kappa shape index (κ1) is 87.0. The number of ketones is 2. The molecule has 8 N–H and O–H groups in total. The van der Waals surface area contributed by atoms with E-state index in [9.17, 15) is 33.9 Å². The summed E-state index contributed by atoms with van der Waals surface area (Å²) >= 11 is 0. The summed E-state index contributed by atoms with van der Waals surface area (Å²) in [4.78, 5) is 184. The van der Waals surface area contributed by atoms with Crippen molar-refractivity contribution in [1.29, 1.82) is 0 Å². The number of amides is 10. The van der Waals surface area contributed by atoms with E-state index in [-0.39, 0.29) is 129 Å². The third-order valence-corrected chi connectivity index (χ3v) is 22.2. The Morgan fingerprint density at radius 3 is 2.23 bits per heavy atom. The summed E-state index contributed by atoms with van der Waals surface area (Å²) < 4.78 is 43.1. The molecule has 10 amide bonds. The number of methoxy groups -OCH3 is 1. The number of nitrogens with one attached hydrogen (secondary N) is 7. The molecule has 33 heteroatoms. The molecule has 628 valence electrons. The Hall–Kier alpha value is -10.9. The van der Waals surface area contributed by atoms with Crippen molar-refractivity contribution in [2.45, 2.75) is 172 Å². The van der Waals surface area contributed by atoms with Crippen LogP contribution in [0.25, 0.3) is 10.9 Å². The van der Waals surface area contributed by atoms with E-state index in [1.165, 1.54) is 44.1 Å². The van der Waals surface area contributed by atoms with E-state index in [4.69, 9.17) is 18.9 Å². The highest BCUT2D eigenvalue weighted by Gasteiger charge is 2.50. The number of hydrogen-bond acceptors (Lipinski definition) is 19. The molecule has 2 saturated heterocycles. The van der Waals surface area contributed by atoms with Crippen molar-refractivity contribution >= 4 is 81.5 Å². The van der Waals surface area contributed by atoms with Gasteiger partial charge in [-0.3, -0.25) is 62.2 Å². The van der Waals surface area contributed by atoms with Crippen LogP contribution in [0.5, 0.6) is 5.75 Å². The molecular formula is C84H109FN15O17+. The Morgan fingerprint density at radius 1 is 0.735 bits per heavy atom. The van der Waals surface area contributed by atoms with Gasteiger partial charge in [-0.2, -0.15) is 0 Å². The SMILES string of the molecule is COc1ccc(C[C@@H]2CC(=O)[C@H]([C@@H](C)O)NC(=O)[C@@H]3[C@@H]4CCN3C(=O)[C@@H]3Cc5cn(c6ccc(F)cc56)Cc5cn(nn5)CCN(Cc5cccc(c5)CCNC(=O)[C@]5(C)CCCN5C2=O)C(=O)CCC(=O)C[C@@H](C)C(=O)N[C@H](CNC(=O)CCOCCOCC[N+](C)(C)C)C(=O)N[C@@H](Cc2cccc(c2)CNC(=O)CO4)C(=O)N3)cc1. The van der Waals surface area contributed by atoms with Gasteiger partial charge in [0, 0.05) is 120 Å². The average molecular weight is 1620 g/mol. The number of quaternary nitrogens is 1. The number of hydrogen-bond donors (Lipinski definition) is 8. The zero-order chi connectivity index (χ0) is 83.7. The molecule has 5 aliphatic heterocycles. The molecule has 4 aromatic carbocycles. The highest BCUT2D eigenvalue weighted by Crippen LogP contribution is 2.34. The van der Waals surface area contributed by atoms with E-state index < -0.39 is 162 Å². The number of halogens is 1. The van der Waals surface area contributed by atoms with Crippen LogP contribution in [-0.2, 0) is 124 Å². The average Bonchev–Trinajstić information content (AvgIpc) is 1.67. The number of fused-ring (bicyclic) bond motifs is 10. The number of rotatable bonds is 15. The monoisotopic (exact) mass is 1620 g/mol. The lowest BCUT2D eigenvalue weighted by molar-refractivity contribution is -0.870. The highest BCUT2D eigenvalue weighted by atomic mass is 19.1. The van der Waals surface area contributed by atoms with Crippen molar-refractivity contribution in [3.8, 4) is 5.75 Å². The van der Waals surface area contributed by atoms with Gasteiger partial charge in [0.15, 0.2) is 5.78 Å². The van der Waals surface area contributed by atoms with E-state index in [2.05, 4.69) is 47.5 Å². The molecule has 0 unspecified atom stereocenters. The van der Waals surface area contributed by atoms with E-state index >= 15 is 33.2 Å². The van der Waals surface area contributed by atoms with Gasteiger partial charge in [-0.15, -0.1) is 5.10 Å². The van der Waals surface area contributed by atoms with Crippen molar-refractivity contribution in [3.05, 3.63) is 148 Å². The predicted molar refractivity (Wildman–Crippen MR) is 424 cm³/mol. The van der Waals surface area contributed by atoms with Gasteiger partial charge in [0.2, 0.25) is 59.1 Å². The first-order valence-electron chi connectivity index (χ1n) is 40.2. The fourth-order valence-corrected chi connectivity index (χ4v) is 15.6. The van der Waals surface area contributed by atoms with Gasteiger partial charge in [-0.25, -0.2) is 4.39 Å². The maximum Gasteiger partial charge on any atom is 0.246 e. The first-order valence-corrected chi connectivity index (χ1v) is 40.2. The third-order valence-electron chi connectivity index (χ3n) is 22.2. The molecule has 6 aromatic rings. The predicted octanol–water partition coefficient (Wildman–Crippen LogP) is 1.68. The summed E-state index contributed by atoms with van der Waals surface area (Å²) in [6.45, 7) is 4.97. The summed E-state index contributed by atoms with van der Waals surface area (Å²) in [5, 5.41) is 40.6. The molecule has 0 radical (unpaired) electrons. The Labute approximate surface area is 678 Å². The van der Waals surface area contributed by atoms with Crippen LogP contribution in [0.3, 0.4) is 0 Å². The van der Waals surface area contributed by atoms with Crippen molar-refractivity contribution in [2.75, 3.05) is 101 Å². The molecule has 0 aliphatic carbocycles. The quantitative estimate of drug-likeness (QED) is 0.0535. The summed E-state index contributed by atoms with van der Waals surface area (Å²) in [6.07, 6.45) is -1.27. The van der Waals surface area contributed by atoms with E-state index in [0.29, 0.717) is 68.7 Å². The van der Waals surface area contributed by atoms with Crippen LogP contribution in [0.1, 0.15) is 111 Å². The number of aliphatic hydroxyl groups is 1. The summed E-state index contributed by atoms with van der Waals surface area (Å²) in [7, 11) is 7.60. The molecular weight excluding hydrogens is 1510 g/mol. The molecule has 14 bridgehead atoms. The summed E-state index contributed by atoms with van der Waals surface area (Å²) in [6, 6.07) is 16.4. The Kier molecular flexibility index (Phi) is 29.6. The van der Waals surface area contributed by atoms with Gasteiger partial charge in [0.1, 0.15) is 71.9 Å². The van der Waals surface area contributed by atoms with Gasteiger partial charge < -0.3 is 85.0 Å². The second-order valence-electron chi connectivity index (χ2n) is 32.3. The van der Waals surface area contributed by atoms with Crippen LogP contribution >= 0.6 is 0 Å². The standard InChI is InChI=1S/C84H108FN15O17/c1-52-37-63(102)18-22-74(106)95-30-31-97-50-62(93-94-97)49-96-48-60(65-44-61(85)17-21-69(65)96)42-67-82(112)98-29-24-71(117-51-73(105)87-45-57-13-9-12-56(39-57)41-66(78(108)90-67)89-79(109)68(91-77(52)107)46-88-72(104)25-33-115-35-36-116-34-32-100(4,5)6)76(98)80(110)92-75(53(2)101)70(103)43-59(40-55-15-19-64(114-7)20-16-55)81(111)99-28-10-26-84(99,3)83(113)86-27-23-54-11-8-14-58(38-54)47-95/h8-9,11-17,19-21,38-39,44,48,50,52-53,59,66-68,71,75-76,101H,10,18,22-37,40-43,45-47,49,51H2,1-7H3,(H6-,86,87,88,89,90,91,92,104,105,107,108,109,110,113)/p+1/t52-,53-,59-,66+,67+,68-,71+,75+,76+,84+/m1/s1. The van der Waals surface area contributed by atoms with Crippen LogP contribution in [0, 0.1) is 17.7 Å². The minimum absolute atomic E-state index is 0.00760. The number of ether oxygens (including phenoxy) is 4. The van der Waals surface area contributed by atoms with E-state index in [1.807, 2.05) is 45.4 Å². The lowest BCUT2D eigenvalue weighted by atomic mass is 9.88. The summed E-state index contributed by atoms with van der Waals surface area (Å²) in [5.41, 5.74) is 2.81. The van der Waals surface area contributed by atoms with Gasteiger partial charge >= 0.3 is 0 Å². The van der Waals surface area contributed by atoms with Gasteiger partial charge in [-0.1, -0.05) is 72.8 Å². The number of nitrogens with zero attached hydrogens (tertiary/aromatic N) is 8. The molecule has 5 aliphatic rings. The second-order valence-corrected chi connectivity index (χ2v) is 32.3. The minimum Gasteiger partial charge on any atom is -0.497 e. The smallest absolute Gasteiger partial charge is 0.246 e. The van der Waals surface area contributed by atoms with Crippen molar-refractivity contribution < 1.29 is 90.5 Å². The van der Waals surface area contributed by atoms with Crippen molar-refractivity contribution in [1.82, 2.24) is 71.5 Å². The number of aliphatic hydroxyl groups excluding tert-OH is 1. The number of benzene rings is 4. The molecule has 7 heterocycles. The van der Waals surface area contributed by atoms with Gasteiger partial charge in [0.25, 0.3) is 0 Å². The largest absolute Gasteiger partial charge is 0.497 e. The van der Waals surface area contributed by atoms with E-state index in [1.54, 1.807) is 82.0 Å². The van der Waals surface area contributed by atoms with Crippen LogP contribution in [0.2, 0.25) is 0 Å². The number of Topliss-reactive ketones (excluding diaryl/α,β-unsaturated/α-hetero) is 2. The van der Waals surface area contributed by atoms with Gasteiger partial charge in [-0.05, 0) is 110 Å². The normalized spacial score (nSPS) is 24.2. The number of aromatic nitrogens is 4.